The summed E-state index contributed by atoms with van der Waals surface area (Å²) in [5.74, 6) is 1.24. The predicted octanol–water partition coefficient (Wildman–Crippen LogP) is 1.31. The van der Waals surface area contributed by atoms with Crippen molar-refractivity contribution in [3.05, 3.63) is 0 Å². The van der Waals surface area contributed by atoms with Crippen LogP contribution in [0.4, 0.5) is 0 Å². The van der Waals surface area contributed by atoms with Crippen LogP contribution in [-0.4, -0.2) is 32.7 Å². The molecule has 3 saturated carbocycles. The molecule has 1 saturated heterocycles. The average molecular weight is 274 g/mol. The van der Waals surface area contributed by atoms with Gasteiger partial charge in [-0.3, -0.25) is 0 Å². The molecule has 0 radical (unpaired) electrons. The van der Waals surface area contributed by atoms with Crippen LogP contribution in [0.1, 0.15) is 13.3 Å². The van der Waals surface area contributed by atoms with Gasteiger partial charge in [-0.1, -0.05) is 6.92 Å². The van der Waals surface area contributed by atoms with Gasteiger partial charge >= 0.3 is 0 Å². The van der Waals surface area contributed by atoms with Gasteiger partial charge in [0.2, 0.25) is 0 Å². The number of rotatable bonds is 3. The van der Waals surface area contributed by atoms with Gasteiger partial charge in [-0.25, -0.2) is 0 Å². The van der Waals surface area contributed by atoms with Crippen molar-refractivity contribution in [3.63, 3.8) is 0 Å². The summed E-state index contributed by atoms with van der Waals surface area (Å²) in [6, 6.07) is 4.65. The van der Waals surface area contributed by atoms with Crippen LogP contribution in [0.5, 0.6) is 0 Å². The molecule has 4 fully saturated rings. The summed E-state index contributed by atoms with van der Waals surface area (Å²) in [5.41, 5.74) is -1.61. The van der Waals surface area contributed by atoms with Crippen LogP contribution in [-0.2, 0) is 14.2 Å². The summed E-state index contributed by atoms with van der Waals surface area (Å²) in [5, 5.41) is 19.5. The minimum absolute atomic E-state index is 0.115. The van der Waals surface area contributed by atoms with Gasteiger partial charge in [-0.15, -0.1) is 0 Å². The van der Waals surface area contributed by atoms with E-state index in [9.17, 15) is 10.5 Å². The molecule has 0 aromatic rings. The number of fused-ring (bicyclic) bond motifs is 8. The standard InChI is InChI=1S/C15H18N2O3/c1-14(13(18-2)19-3)9-7-4-8(12-11(7)20-12)10(9)15(14,5-16)6-17/h7-13H,4H2,1-3H3/t7?,8?,9?,10?,11?,12?,14-/m0/s1. The Hall–Kier alpha value is -1.14. The predicted molar refractivity (Wildman–Crippen MR) is 66.8 cm³/mol. The smallest absolute Gasteiger partial charge is 0.164 e. The van der Waals surface area contributed by atoms with Crippen LogP contribution in [0.2, 0.25) is 0 Å². The lowest BCUT2D eigenvalue weighted by atomic mass is 9.36. The first-order valence-electron chi connectivity index (χ1n) is 7.14. The fraction of sp³-hybridized carbons (Fsp3) is 0.867. The van der Waals surface area contributed by atoms with Crippen molar-refractivity contribution in [1.29, 1.82) is 10.5 Å². The fourth-order valence-electron chi connectivity index (χ4n) is 5.92. The Kier molecular flexibility index (Phi) is 2.23. The van der Waals surface area contributed by atoms with Gasteiger partial charge in [0.15, 0.2) is 11.7 Å². The fourth-order valence-corrected chi connectivity index (χ4v) is 5.92. The molecule has 106 valence electrons. The van der Waals surface area contributed by atoms with E-state index in [0.29, 0.717) is 30.0 Å². The molecule has 0 amide bonds. The molecule has 7 atom stereocenters. The zero-order valence-corrected chi connectivity index (χ0v) is 11.9. The van der Waals surface area contributed by atoms with Crippen LogP contribution in [0.25, 0.3) is 0 Å². The van der Waals surface area contributed by atoms with Gasteiger partial charge in [0, 0.05) is 20.1 Å². The van der Waals surface area contributed by atoms with Gasteiger partial charge in [-0.2, -0.15) is 10.5 Å². The second-order valence-electron chi connectivity index (χ2n) is 6.80. The number of methoxy groups -OCH3 is 2. The van der Waals surface area contributed by atoms with Gasteiger partial charge in [-0.05, 0) is 24.2 Å². The molecule has 4 rings (SSSR count). The maximum absolute atomic E-state index is 9.76. The lowest BCUT2D eigenvalue weighted by Crippen LogP contribution is -2.70. The van der Waals surface area contributed by atoms with Crippen molar-refractivity contribution >= 4 is 0 Å². The zero-order valence-electron chi connectivity index (χ0n) is 11.9. The van der Waals surface area contributed by atoms with Crippen molar-refractivity contribution < 1.29 is 14.2 Å². The molecule has 6 unspecified atom stereocenters. The molecule has 0 aromatic heterocycles. The van der Waals surface area contributed by atoms with Crippen LogP contribution in [0.3, 0.4) is 0 Å². The summed E-state index contributed by atoms with van der Waals surface area (Å²) in [6.07, 6.45) is 1.21. The van der Waals surface area contributed by atoms with Gasteiger partial charge in [0.25, 0.3) is 0 Å². The molecular weight excluding hydrogens is 256 g/mol. The van der Waals surface area contributed by atoms with E-state index in [1.807, 2.05) is 6.92 Å². The van der Waals surface area contributed by atoms with E-state index in [2.05, 4.69) is 12.1 Å². The Morgan fingerprint density at radius 2 is 1.65 bits per heavy atom. The number of hydrogen-bond donors (Lipinski definition) is 0. The highest BCUT2D eigenvalue weighted by Gasteiger charge is 2.85. The highest BCUT2D eigenvalue weighted by Crippen LogP contribution is 2.80. The van der Waals surface area contributed by atoms with E-state index in [1.54, 1.807) is 14.2 Å². The van der Waals surface area contributed by atoms with Crippen molar-refractivity contribution in [2.45, 2.75) is 31.8 Å². The minimum Gasteiger partial charge on any atom is -0.369 e. The molecule has 5 heteroatoms. The maximum Gasteiger partial charge on any atom is 0.164 e. The zero-order chi connectivity index (χ0) is 14.3. The molecule has 20 heavy (non-hydrogen) atoms. The van der Waals surface area contributed by atoms with E-state index >= 15 is 0 Å². The number of hydrogen-bond acceptors (Lipinski definition) is 5. The summed E-state index contributed by atoms with van der Waals surface area (Å²) in [6.45, 7) is 1.98. The van der Waals surface area contributed by atoms with E-state index < -0.39 is 17.1 Å². The molecule has 0 N–H and O–H groups in total. The molecule has 0 aromatic carbocycles. The maximum atomic E-state index is 9.76. The first kappa shape index (κ1) is 12.6. The van der Waals surface area contributed by atoms with E-state index in [1.165, 1.54) is 0 Å². The van der Waals surface area contributed by atoms with Crippen LogP contribution < -0.4 is 0 Å². The molecule has 4 aliphatic rings. The normalized spacial score (nSPS) is 52.7. The Balaban J connectivity index is 1.82. The van der Waals surface area contributed by atoms with Crippen molar-refractivity contribution in [1.82, 2.24) is 0 Å². The molecule has 5 nitrogen and oxygen atoms in total. The molecule has 0 spiro atoms. The van der Waals surface area contributed by atoms with Crippen LogP contribution in [0.15, 0.2) is 0 Å². The lowest BCUT2D eigenvalue weighted by Gasteiger charge is -2.64. The monoisotopic (exact) mass is 274 g/mol. The van der Waals surface area contributed by atoms with Gasteiger partial charge in [0.05, 0.1) is 29.8 Å². The summed E-state index contributed by atoms with van der Waals surface area (Å²) in [7, 11) is 3.16. The van der Waals surface area contributed by atoms with Crippen LogP contribution >= 0.6 is 0 Å². The number of epoxide rings is 1. The van der Waals surface area contributed by atoms with Gasteiger partial charge in [0.1, 0.15) is 0 Å². The van der Waals surface area contributed by atoms with E-state index in [-0.39, 0.29) is 5.92 Å². The Bertz CT molecular complexity index is 532. The first-order valence-corrected chi connectivity index (χ1v) is 7.14. The van der Waals surface area contributed by atoms with Gasteiger partial charge < -0.3 is 14.2 Å². The third-order valence-electron chi connectivity index (χ3n) is 6.57. The molecule has 2 bridgehead atoms. The first-order chi connectivity index (χ1) is 9.60. The highest BCUT2D eigenvalue weighted by atomic mass is 16.7. The average Bonchev–Trinajstić information content (AvgIpc) is 3.09. The largest absolute Gasteiger partial charge is 0.369 e. The summed E-state index contributed by atoms with van der Waals surface area (Å²) < 4.78 is 16.7. The second kappa shape index (κ2) is 3.54. The summed E-state index contributed by atoms with van der Waals surface area (Å²) in [4.78, 5) is 0. The second-order valence-corrected chi connectivity index (χ2v) is 6.80. The lowest BCUT2D eigenvalue weighted by molar-refractivity contribution is -0.288. The third-order valence-corrected chi connectivity index (χ3v) is 6.57. The van der Waals surface area contributed by atoms with E-state index in [4.69, 9.17) is 14.2 Å². The molecule has 3 aliphatic carbocycles. The Morgan fingerprint density at radius 3 is 2.15 bits per heavy atom. The van der Waals surface area contributed by atoms with E-state index in [0.717, 1.165) is 6.42 Å². The minimum atomic E-state index is -1.02. The van der Waals surface area contributed by atoms with Crippen LogP contribution in [0, 0.1) is 57.2 Å². The Morgan fingerprint density at radius 1 is 1.10 bits per heavy atom. The number of nitrogens with zero attached hydrogens (tertiary/aromatic N) is 2. The topological polar surface area (TPSA) is 78.6 Å². The number of nitriles is 2. The van der Waals surface area contributed by atoms with Crippen molar-refractivity contribution in [2.24, 2.45) is 34.5 Å². The number of ether oxygens (including phenoxy) is 3. The molecule has 1 heterocycles. The van der Waals surface area contributed by atoms with Crippen molar-refractivity contribution in [3.8, 4) is 12.1 Å². The third kappa shape index (κ3) is 0.978. The Labute approximate surface area is 118 Å². The molecule has 1 aliphatic heterocycles. The quantitative estimate of drug-likeness (QED) is 0.572. The molecular formula is C15H18N2O3. The SMILES string of the molecule is COC(OC)[C@]1(C)C2C3CC(C4OC34)C2C1(C#N)C#N. The summed E-state index contributed by atoms with van der Waals surface area (Å²) >= 11 is 0. The van der Waals surface area contributed by atoms with Crippen molar-refractivity contribution in [2.75, 3.05) is 14.2 Å². The highest BCUT2D eigenvalue weighted by molar-refractivity contribution is 5.40.